The van der Waals surface area contributed by atoms with E-state index in [1.165, 1.54) is 0 Å². The summed E-state index contributed by atoms with van der Waals surface area (Å²) in [7, 11) is 1.91. The van der Waals surface area contributed by atoms with Crippen molar-refractivity contribution in [2.24, 2.45) is 17.8 Å². The fourth-order valence-electron chi connectivity index (χ4n) is 5.50. The molecule has 45 heavy (non-hydrogen) atoms. The molecule has 0 radical (unpaired) electrons. The molecule has 1 aromatic carbocycles. The Bertz CT molecular complexity index is 1440. The minimum atomic E-state index is -0.786. The van der Waals surface area contributed by atoms with Crippen molar-refractivity contribution >= 4 is 17.2 Å². The van der Waals surface area contributed by atoms with Crippen molar-refractivity contribution in [3.8, 4) is 5.75 Å². The summed E-state index contributed by atoms with van der Waals surface area (Å²) < 4.78 is 7.83. The van der Waals surface area contributed by atoms with Crippen LogP contribution in [-0.4, -0.2) is 60.9 Å². The van der Waals surface area contributed by atoms with E-state index < -0.39 is 5.60 Å². The second-order valence-electron chi connectivity index (χ2n) is 12.2. The first-order chi connectivity index (χ1) is 21.2. The minimum absolute atomic E-state index is 0. The fraction of sp³-hybridized carbons (Fsp3) is 0.556. The molecule has 9 nitrogen and oxygen atoms in total. The number of nitrogens with two attached hydrogens (primary N) is 1. The summed E-state index contributed by atoms with van der Waals surface area (Å²) in [6.45, 7) is 12.5. The quantitative estimate of drug-likeness (QED) is 0.138. The lowest BCUT2D eigenvalue weighted by Crippen LogP contribution is -2.48. The first kappa shape index (κ1) is 35.8. The number of aryl methyl sites for hydroxylation is 2. The van der Waals surface area contributed by atoms with Crippen molar-refractivity contribution in [3.63, 3.8) is 0 Å². The van der Waals surface area contributed by atoms with Gasteiger partial charge in [0.15, 0.2) is 0 Å². The van der Waals surface area contributed by atoms with Crippen LogP contribution >= 0.6 is 0 Å². The Morgan fingerprint density at radius 1 is 1.18 bits per heavy atom. The molecule has 0 aliphatic carbocycles. The number of hydrogen-bond donors (Lipinski definition) is 2. The van der Waals surface area contributed by atoms with E-state index in [0.29, 0.717) is 25.1 Å². The van der Waals surface area contributed by atoms with E-state index in [9.17, 15) is 5.11 Å². The predicted molar refractivity (Wildman–Crippen MR) is 185 cm³/mol. The van der Waals surface area contributed by atoms with Gasteiger partial charge in [-0.05, 0) is 61.9 Å². The molecule has 1 aliphatic heterocycles. The summed E-state index contributed by atoms with van der Waals surface area (Å²) >= 11 is 0. The van der Waals surface area contributed by atoms with Gasteiger partial charge in [-0.3, -0.25) is 9.67 Å². The summed E-state index contributed by atoms with van der Waals surface area (Å²) in [5.41, 5.74) is 12.1. The average molecular weight is 618 g/mol. The van der Waals surface area contributed by atoms with Gasteiger partial charge in [-0.25, -0.2) is 9.98 Å². The molecule has 0 amide bonds. The number of unbranched alkanes of at least 4 members (excludes halogenated alkanes) is 1. The molecule has 0 bridgehead atoms. The van der Waals surface area contributed by atoms with Gasteiger partial charge in [0.1, 0.15) is 23.9 Å². The number of allylic oxidation sites excluding steroid dienone is 1. The van der Waals surface area contributed by atoms with Crippen LogP contribution in [-0.2, 0) is 13.5 Å². The van der Waals surface area contributed by atoms with E-state index in [4.69, 9.17) is 25.4 Å². The normalized spacial score (nSPS) is 15.4. The Labute approximate surface area is 270 Å². The largest absolute Gasteiger partial charge is 0.491 e. The van der Waals surface area contributed by atoms with Crippen LogP contribution in [0.4, 0.5) is 5.69 Å². The Morgan fingerprint density at radius 3 is 2.58 bits per heavy atom. The van der Waals surface area contributed by atoms with Crippen LogP contribution in [0.15, 0.2) is 47.9 Å². The number of nitrogens with zero attached hydrogens (tertiary/aromatic N) is 6. The zero-order valence-electron chi connectivity index (χ0n) is 27.5. The van der Waals surface area contributed by atoms with Crippen molar-refractivity contribution in [1.82, 2.24) is 24.6 Å². The van der Waals surface area contributed by atoms with Crippen LogP contribution in [0.25, 0.3) is 5.70 Å². The zero-order valence-corrected chi connectivity index (χ0v) is 27.5. The van der Waals surface area contributed by atoms with Crippen LogP contribution in [0.2, 0.25) is 0 Å². The summed E-state index contributed by atoms with van der Waals surface area (Å²) in [6.07, 6.45) is 14.7. The number of likely N-dealkylation sites (tertiary alicyclic amines) is 1. The van der Waals surface area contributed by atoms with Gasteiger partial charge in [0.05, 0.1) is 34.6 Å². The molecule has 3 heterocycles. The molecule has 0 spiro atoms. The molecule has 3 N–H and O–H groups in total. The monoisotopic (exact) mass is 617 g/mol. The third-order valence-corrected chi connectivity index (χ3v) is 8.41. The van der Waals surface area contributed by atoms with Gasteiger partial charge in [0, 0.05) is 51.3 Å². The van der Waals surface area contributed by atoms with Gasteiger partial charge in [0.2, 0.25) is 0 Å². The number of ether oxygens (including phenoxy) is 1. The molecule has 1 saturated heterocycles. The van der Waals surface area contributed by atoms with Crippen LogP contribution in [0, 0.1) is 6.92 Å². The van der Waals surface area contributed by atoms with Crippen LogP contribution < -0.4 is 10.5 Å². The number of hydrogen-bond acceptors (Lipinski definition) is 7. The molecule has 9 heteroatoms. The van der Waals surface area contributed by atoms with Gasteiger partial charge in [-0.15, -0.1) is 0 Å². The Hall–Kier alpha value is -3.72. The molecule has 1 unspecified atom stereocenters. The van der Waals surface area contributed by atoms with Gasteiger partial charge >= 0.3 is 0 Å². The van der Waals surface area contributed by atoms with Crippen molar-refractivity contribution in [1.29, 1.82) is 0 Å². The van der Waals surface area contributed by atoms with Crippen LogP contribution in [0.5, 0.6) is 5.75 Å². The van der Waals surface area contributed by atoms with Crippen molar-refractivity contribution in [2.75, 3.05) is 19.7 Å². The Morgan fingerprint density at radius 2 is 1.96 bits per heavy atom. The van der Waals surface area contributed by atoms with E-state index in [-0.39, 0.29) is 13.3 Å². The maximum atomic E-state index is 10.9. The zero-order chi connectivity index (χ0) is 31.7. The first-order valence-electron chi connectivity index (χ1n) is 16.3. The SMILES string of the molecule is C.CCC=C(N)c1nc(C2CN(C(CCC)=Nc3ccc(OCC(O)(CC)CCCC)cc3C)C2)cnc1Cc1cnn(C)c1. The van der Waals surface area contributed by atoms with E-state index in [2.05, 4.69) is 37.7 Å². The number of benzene rings is 1. The van der Waals surface area contributed by atoms with E-state index in [1.54, 1.807) is 4.68 Å². The molecular weight excluding hydrogens is 562 g/mol. The van der Waals surface area contributed by atoms with Crippen molar-refractivity contribution in [2.45, 2.75) is 105 Å². The lowest BCUT2D eigenvalue weighted by molar-refractivity contribution is -0.0169. The van der Waals surface area contributed by atoms with Gasteiger partial charge in [-0.2, -0.15) is 5.10 Å². The number of aliphatic imine (C=N–C) groups is 1. The van der Waals surface area contributed by atoms with Gasteiger partial charge in [0.25, 0.3) is 0 Å². The highest BCUT2D eigenvalue weighted by atomic mass is 16.5. The molecule has 3 aromatic rings. The average Bonchev–Trinajstić information content (AvgIpc) is 3.40. The standard InChI is InChI=1S/C35H51N7O2.CH4/c1-7-11-16-35(43,10-4)24-44-28-14-15-30(25(5)17-28)39-33(13-9-3)42-22-27(23-42)32-20-37-31(18-26-19-38-41(6)21-26)34(40-32)29(36)12-8-2;/h12,14-15,17,19-21,27,43H,7-11,13,16,18,22-24,36H2,1-6H3;1H4. The highest BCUT2D eigenvalue weighted by molar-refractivity contribution is 5.86. The van der Waals surface area contributed by atoms with Crippen molar-refractivity contribution in [3.05, 3.63) is 71.1 Å². The second kappa shape index (κ2) is 16.5. The molecule has 1 fully saturated rings. The number of amidine groups is 1. The number of aromatic nitrogens is 4. The van der Waals surface area contributed by atoms with Gasteiger partial charge < -0.3 is 20.5 Å². The van der Waals surface area contributed by atoms with Crippen LogP contribution in [0.3, 0.4) is 0 Å². The lowest BCUT2D eigenvalue weighted by atomic mass is 9.95. The Kier molecular flexibility index (Phi) is 13.2. The molecular formula is C36H55N7O2. The second-order valence-corrected chi connectivity index (χ2v) is 12.2. The highest BCUT2D eigenvalue weighted by Gasteiger charge is 2.32. The van der Waals surface area contributed by atoms with Crippen molar-refractivity contribution < 1.29 is 9.84 Å². The Balaban J connectivity index is 0.00000552. The third-order valence-electron chi connectivity index (χ3n) is 8.41. The molecule has 1 atom stereocenters. The van der Waals surface area contributed by atoms with Gasteiger partial charge in [-0.1, -0.05) is 54.0 Å². The lowest BCUT2D eigenvalue weighted by Gasteiger charge is -2.41. The predicted octanol–water partition coefficient (Wildman–Crippen LogP) is 7.09. The summed E-state index contributed by atoms with van der Waals surface area (Å²) in [6, 6.07) is 6.01. The highest BCUT2D eigenvalue weighted by Crippen LogP contribution is 2.31. The van der Waals surface area contributed by atoms with E-state index in [1.807, 2.05) is 56.8 Å². The van der Waals surface area contributed by atoms with Crippen LogP contribution in [0.1, 0.15) is 114 Å². The maximum Gasteiger partial charge on any atom is 0.119 e. The smallest absolute Gasteiger partial charge is 0.119 e. The van der Waals surface area contributed by atoms with E-state index in [0.717, 1.165) is 97.1 Å². The molecule has 246 valence electrons. The minimum Gasteiger partial charge on any atom is -0.491 e. The third kappa shape index (κ3) is 9.39. The topological polar surface area (TPSA) is 115 Å². The molecule has 4 rings (SSSR count). The molecule has 2 aromatic heterocycles. The summed E-state index contributed by atoms with van der Waals surface area (Å²) in [5.74, 6) is 2.13. The summed E-state index contributed by atoms with van der Waals surface area (Å²) in [5, 5.41) is 15.2. The van der Waals surface area contributed by atoms with E-state index >= 15 is 0 Å². The number of aliphatic hydroxyl groups is 1. The summed E-state index contributed by atoms with van der Waals surface area (Å²) in [4.78, 5) is 17.3. The number of rotatable bonds is 15. The molecule has 1 aliphatic rings. The molecule has 0 saturated carbocycles. The first-order valence-corrected chi connectivity index (χ1v) is 16.3. The fourth-order valence-corrected chi connectivity index (χ4v) is 5.50. The maximum absolute atomic E-state index is 10.9.